The van der Waals surface area contributed by atoms with E-state index in [0.29, 0.717) is 6.07 Å². The molecule has 0 radical (unpaired) electrons. The molecule has 0 unspecified atom stereocenters. The SMILES string of the molecule is CC(C)COC(=O)c1cc(F)c(Cl)c(S(=O)(=O)Cl)c1Cl. The van der Waals surface area contributed by atoms with Crippen LogP contribution in [0.2, 0.25) is 10.0 Å². The van der Waals surface area contributed by atoms with Crippen LogP contribution >= 0.6 is 33.9 Å². The fourth-order valence-corrected chi connectivity index (χ4v) is 3.63. The molecule has 0 heterocycles. The average molecular weight is 364 g/mol. The molecule has 1 aromatic carbocycles. The van der Waals surface area contributed by atoms with Crippen LogP contribution in [0, 0.1) is 11.7 Å². The molecule has 0 bridgehead atoms. The Balaban J connectivity index is 3.37. The van der Waals surface area contributed by atoms with Gasteiger partial charge in [-0.25, -0.2) is 17.6 Å². The van der Waals surface area contributed by atoms with Crippen LogP contribution in [0.4, 0.5) is 4.39 Å². The van der Waals surface area contributed by atoms with Crippen molar-refractivity contribution in [1.82, 2.24) is 0 Å². The van der Waals surface area contributed by atoms with Crippen LogP contribution in [0.5, 0.6) is 0 Å². The minimum atomic E-state index is -4.41. The molecular weight excluding hydrogens is 354 g/mol. The molecule has 0 saturated carbocycles. The molecule has 4 nitrogen and oxygen atoms in total. The van der Waals surface area contributed by atoms with Gasteiger partial charge in [0.15, 0.2) is 0 Å². The quantitative estimate of drug-likeness (QED) is 0.463. The summed E-state index contributed by atoms with van der Waals surface area (Å²) in [7, 11) is 0.716. The molecule has 0 fully saturated rings. The third-order valence-electron chi connectivity index (χ3n) is 2.13. The van der Waals surface area contributed by atoms with Crippen molar-refractivity contribution >= 4 is 48.9 Å². The van der Waals surface area contributed by atoms with Gasteiger partial charge < -0.3 is 4.74 Å². The van der Waals surface area contributed by atoms with E-state index < -0.39 is 41.3 Å². The van der Waals surface area contributed by atoms with Crippen molar-refractivity contribution in [2.75, 3.05) is 6.61 Å². The summed E-state index contributed by atoms with van der Waals surface area (Å²) in [6.45, 7) is 3.67. The third-order valence-corrected chi connectivity index (χ3v) is 4.47. The maximum Gasteiger partial charge on any atom is 0.339 e. The van der Waals surface area contributed by atoms with E-state index in [1.807, 2.05) is 0 Å². The summed E-state index contributed by atoms with van der Waals surface area (Å²) in [5.41, 5.74) is -0.451. The average Bonchev–Trinajstić information content (AvgIpc) is 2.29. The Bertz CT molecular complexity index is 644. The topological polar surface area (TPSA) is 60.4 Å². The van der Waals surface area contributed by atoms with Crippen LogP contribution in [-0.4, -0.2) is 21.0 Å². The van der Waals surface area contributed by atoms with Crippen LogP contribution in [0.25, 0.3) is 0 Å². The zero-order valence-corrected chi connectivity index (χ0v) is 13.5. The summed E-state index contributed by atoms with van der Waals surface area (Å²) in [6.07, 6.45) is 0. The second-order valence-corrected chi connectivity index (χ2v) is 7.55. The fourth-order valence-electron chi connectivity index (χ4n) is 1.26. The van der Waals surface area contributed by atoms with Gasteiger partial charge in [0, 0.05) is 10.7 Å². The lowest BCUT2D eigenvalue weighted by Crippen LogP contribution is -2.12. The van der Waals surface area contributed by atoms with E-state index >= 15 is 0 Å². The van der Waals surface area contributed by atoms with E-state index in [-0.39, 0.29) is 12.5 Å². The fraction of sp³-hybridized carbons (Fsp3) is 0.364. The minimum absolute atomic E-state index is 0.0473. The Morgan fingerprint density at radius 1 is 1.35 bits per heavy atom. The molecule has 1 aromatic rings. The Morgan fingerprint density at radius 2 is 1.90 bits per heavy atom. The number of carbonyl (C=O) groups is 1. The number of benzene rings is 1. The molecule has 0 amide bonds. The second kappa shape index (κ2) is 6.47. The molecule has 0 aliphatic rings. The number of esters is 1. The molecule has 1 rings (SSSR count). The summed E-state index contributed by atoms with van der Waals surface area (Å²) >= 11 is 11.3. The molecule has 112 valence electrons. The van der Waals surface area contributed by atoms with Crippen molar-refractivity contribution in [1.29, 1.82) is 0 Å². The van der Waals surface area contributed by atoms with Crippen LogP contribution in [0.3, 0.4) is 0 Å². The Morgan fingerprint density at radius 3 is 2.35 bits per heavy atom. The number of hydrogen-bond donors (Lipinski definition) is 0. The lowest BCUT2D eigenvalue weighted by Gasteiger charge is -2.11. The maximum absolute atomic E-state index is 13.6. The summed E-state index contributed by atoms with van der Waals surface area (Å²) in [6, 6.07) is 0.707. The smallest absolute Gasteiger partial charge is 0.339 e. The highest BCUT2D eigenvalue weighted by Gasteiger charge is 2.28. The van der Waals surface area contributed by atoms with Gasteiger partial charge in [-0.05, 0) is 12.0 Å². The van der Waals surface area contributed by atoms with Gasteiger partial charge in [0.05, 0.1) is 22.2 Å². The lowest BCUT2D eigenvalue weighted by atomic mass is 10.2. The molecule has 0 aromatic heterocycles. The molecule has 0 spiro atoms. The molecule has 0 aliphatic carbocycles. The number of hydrogen-bond acceptors (Lipinski definition) is 4. The van der Waals surface area contributed by atoms with Crippen LogP contribution in [0.1, 0.15) is 24.2 Å². The first-order valence-electron chi connectivity index (χ1n) is 5.35. The number of ether oxygens (including phenoxy) is 1. The highest BCUT2D eigenvalue weighted by atomic mass is 35.7. The van der Waals surface area contributed by atoms with Crippen molar-refractivity contribution in [3.8, 4) is 0 Å². The Kier molecular flexibility index (Phi) is 5.66. The molecule has 0 atom stereocenters. The molecule has 0 saturated heterocycles. The van der Waals surface area contributed by atoms with Gasteiger partial charge in [0.25, 0.3) is 9.05 Å². The highest BCUT2D eigenvalue weighted by molar-refractivity contribution is 8.14. The monoisotopic (exact) mass is 362 g/mol. The lowest BCUT2D eigenvalue weighted by molar-refractivity contribution is 0.0458. The third kappa shape index (κ3) is 3.97. The molecule has 20 heavy (non-hydrogen) atoms. The van der Waals surface area contributed by atoms with E-state index in [1.54, 1.807) is 13.8 Å². The van der Waals surface area contributed by atoms with Gasteiger partial charge >= 0.3 is 5.97 Å². The predicted octanol–water partition coefficient (Wildman–Crippen LogP) is 3.87. The highest BCUT2D eigenvalue weighted by Crippen LogP contribution is 2.36. The first-order valence-corrected chi connectivity index (χ1v) is 8.41. The largest absolute Gasteiger partial charge is 0.462 e. The van der Waals surface area contributed by atoms with E-state index in [1.165, 1.54) is 0 Å². The predicted molar refractivity (Wildman–Crippen MR) is 74.6 cm³/mol. The van der Waals surface area contributed by atoms with Crippen molar-refractivity contribution in [2.45, 2.75) is 18.7 Å². The Hall–Kier alpha value is -0.560. The standard InChI is InChI=1S/C11H10Cl3FO4S/c1-5(2)4-19-11(16)6-3-7(15)9(13)10(8(6)12)20(14,17)18/h3,5H,4H2,1-2H3. The first-order chi connectivity index (χ1) is 9.05. The van der Waals surface area contributed by atoms with Gasteiger partial charge in [-0.2, -0.15) is 0 Å². The van der Waals surface area contributed by atoms with E-state index in [4.69, 9.17) is 38.6 Å². The van der Waals surface area contributed by atoms with Gasteiger partial charge in [0.2, 0.25) is 0 Å². The molecule has 0 aliphatic heterocycles. The second-order valence-electron chi connectivity index (χ2n) is 4.29. The van der Waals surface area contributed by atoms with Crippen LogP contribution < -0.4 is 0 Å². The number of rotatable bonds is 4. The van der Waals surface area contributed by atoms with Crippen molar-refractivity contribution in [3.63, 3.8) is 0 Å². The summed E-state index contributed by atoms with van der Waals surface area (Å²) in [5.74, 6) is -2.04. The summed E-state index contributed by atoms with van der Waals surface area (Å²) < 4.78 is 41.1. The van der Waals surface area contributed by atoms with Gasteiger partial charge in [0.1, 0.15) is 10.7 Å². The van der Waals surface area contributed by atoms with Gasteiger partial charge in [-0.15, -0.1) is 0 Å². The van der Waals surface area contributed by atoms with Crippen molar-refractivity contribution < 1.29 is 22.3 Å². The first kappa shape index (κ1) is 17.5. The van der Waals surface area contributed by atoms with Gasteiger partial charge in [-0.1, -0.05) is 37.0 Å². The maximum atomic E-state index is 13.6. The van der Waals surface area contributed by atoms with E-state index in [0.717, 1.165) is 0 Å². The van der Waals surface area contributed by atoms with Crippen LogP contribution in [0.15, 0.2) is 11.0 Å². The molecular formula is C11H10Cl3FO4S. The van der Waals surface area contributed by atoms with E-state index in [9.17, 15) is 17.6 Å². The van der Waals surface area contributed by atoms with Crippen molar-refractivity contribution in [3.05, 3.63) is 27.5 Å². The molecule has 9 heteroatoms. The van der Waals surface area contributed by atoms with Gasteiger partial charge in [-0.3, -0.25) is 0 Å². The molecule has 0 N–H and O–H groups in total. The zero-order valence-electron chi connectivity index (χ0n) is 10.4. The van der Waals surface area contributed by atoms with E-state index in [2.05, 4.69) is 0 Å². The number of halogens is 4. The van der Waals surface area contributed by atoms with Crippen molar-refractivity contribution in [2.24, 2.45) is 5.92 Å². The summed E-state index contributed by atoms with van der Waals surface area (Å²) in [5, 5.41) is -1.34. The Labute approximate surface area is 130 Å². The normalized spacial score (nSPS) is 11.8. The minimum Gasteiger partial charge on any atom is -0.462 e. The number of carbonyl (C=O) groups excluding carboxylic acids is 1. The van der Waals surface area contributed by atoms with Crippen LogP contribution in [-0.2, 0) is 13.8 Å². The zero-order chi connectivity index (χ0) is 15.7. The summed E-state index contributed by atoms with van der Waals surface area (Å²) in [4.78, 5) is 10.9.